The van der Waals surface area contributed by atoms with Gasteiger partial charge in [-0.15, -0.1) is 0 Å². The van der Waals surface area contributed by atoms with E-state index in [1.165, 1.54) is 12.1 Å². The number of nitrogens with zero attached hydrogens (tertiary/aromatic N) is 1. The van der Waals surface area contributed by atoms with E-state index < -0.39 is 23.8 Å². The molecule has 2 aromatic rings. The molecule has 0 saturated carbocycles. The van der Waals surface area contributed by atoms with E-state index in [0.717, 1.165) is 17.8 Å². The highest BCUT2D eigenvalue weighted by molar-refractivity contribution is 6.02. The monoisotopic (exact) mass is 363 g/mol. The van der Waals surface area contributed by atoms with Crippen molar-refractivity contribution < 1.29 is 22.8 Å². The highest BCUT2D eigenvalue weighted by Crippen LogP contribution is 2.30. The highest BCUT2D eigenvalue weighted by Gasteiger charge is 2.34. The number of carbonyl (C=O) groups is 2. The van der Waals surface area contributed by atoms with Gasteiger partial charge in [-0.05, 0) is 36.8 Å². The summed E-state index contributed by atoms with van der Waals surface area (Å²) in [5.74, 6) is -0.254. The molecule has 8 heteroatoms. The molecule has 1 saturated heterocycles. The van der Waals surface area contributed by atoms with Crippen molar-refractivity contribution in [2.24, 2.45) is 0 Å². The molecule has 0 aliphatic carbocycles. The normalized spacial score (nSPS) is 17.3. The average Bonchev–Trinajstić information content (AvgIpc) is 2.96. The van der Waals surface area contributed by atoms with Crippen LogP contribution in [-0.4, -0.2) is 24.5 Å². The lowest BCUT2D eigenvalue weighted by molar-refractivity contribution is -0.137. The Morgan fingerprint density at radius 1 is 1.08 bits per heavy atom. The van der Waals surface area contributed by atoms with Crippen LogP contribution >= 0.6 is 0 Å². The summed E-state index contributed by atoms with van der Waals surface area (Å²) >= 11 is 0. The molecule has 0 spiro atoms. The van der Waals surface area contributed by atoms with Crippen molar-refractivity contribution in [3.63, 3.8) is 0 Å². The molecule has 1 heterocycles. The van der Waals surface area contributed by atoms with E-state index >= 15 is 0 Å². The van der Waals surface area contributed by atoms with Crippen LogP contribution in [0.5, 0.6) is 0 Å². The second-order valence-electron chi connectivity index (χ2n) is 5.84. The van der Waals surface area contributed by atoms with Gasteiger partial charge < -0.3 is 15.5 Å². The first-order valence-electron chi connectivity index (χ1n) is 7.96. The molecule has 26 heavy (non-hydrogen) atoms. The number of hydrogen-bond acceptors (Lipinski definition) is 2. The van der Waals surface area contributed by atoms with Gasteiger partial charge in [0.15, 0.2) is 0 Å². The Bertz CT molecular complexity index is 809. The Labute approximate surface area is 147 Å². The molecule has 2 N–H and O–H groups in total. The van der Waals surface area contributed by atoms with Crippen molar-refractivity contribution in [1.82, 2.24) is 5.32 Å². The fraction of sp³-hybridized carbons (Fsp3) is 0.222. The number of hydrogen-bond donors (Lipinski definition) is 2. The SMILES string of the molecule is O=C(Nc1cccc(C(F)(F)F)c1)N[C@@H]1CCN(c2ccccc2)C1=O. The number of urea groups is 1. The molecule has 1 atom stereocenters. The van der Waals surface area contributed by atoms with Gasteiger partial charge in [0, 0.05) is 17.9 Å². The standard InChI is InChI=1S/C18H16F3N3O2/c19-18(20,21)12-5-4-6-13(11-12)22-17(26)23-15-9-10-24(16(15)25)14-7-2-1-3-8-14/h1-8,11,15H,9-10H2,(H2,22,23,26)/t15-/m1/s1. The summed E-state index contributed by atoms with van der Waals surface area (Å²) in [6.45, 7) is 0.456. The van der Waals surface area contributed by atoms with E-state index in [1.807, 2.05) is 18.2 Å². The van der Waals surface area contributed by atoms with E-state index in [9.17, 15) is 22.8 Å². The van der Waals surface area contributed by atoms with Crippen molar-refractivity contribution in [3.8, 4) is 0 Å². The Morgan fingerprint density at radius 3 is 2.50 bits per heavy atom. The summed E-state index contributed by atoms with van der Waals surface area (Å²) in [5, 5.41) is 4.85. The van der Waals surface area contributed by atoms with E-state index in [-0.39, 0.29) is 11.6 Å². The maximum Gasteiger partial charge on any atom is 0.416 e. The van der Waals surface area contributed by atoms with Gasteiger partial charge in [-0.25, -0.2) is 4.79 Å². The van der Waals surface area contributed by atoms with Crippen LogP contribution in [0.2, 0.25) is 0 Å². The molecule has 0 aromatic heterocycles. The smallest absolute Gasteiger partial charge is 0.326 e. The molecule has 0 unspecified atom stereocenters. The topological polar surface area (TPSA) is 61.4 Å². The fourth-order valence-corrected chi connectivity index (χ4v) is 2.78. The number of anilines is 2. The average molecular weight is 363 g/mol. The predicted molar refractivity (Wildman–Crippen MR) is 90.8 cm³/mol. The zero-order valence-electron chi connectivity index (χ0n) is 13.6. The Kier molecular flexibility index (Phi) is 4.83. The summed E-state index contributed by atoms with van der Waals surface area (Å²) in [6.07, 6.45) is -4.07. The minimum Gasteiger partial charge on any atom is -0.326 e. The molecule has 0 bridgehead atoms. The van der Waals surface area contributed by atoms with Crippen LogP contribution in [0, 0.1) is 0 Å². The maximum absolute atomic E-state index is 12.7. The molecule has 1 fully saturated rings. The summed E-state index contributed by atoms with van der Waals surface area (Å²) < 4.78 is 38.1. The molecule has 1 aliphatic rings. The second-order valence-corrected chi connectivity index (χ2v) is 5.84. The Morgan fingerprint density at radius 2 is 1.81 bits per heavy atom. The Hall–Kier alpha value is -3.03. The molecule has 136 valence electrons. The van der Waals surface area contributed by atoms with E-state index in [4.69, 9.17) is 0 Å². The summed E-state index contributed by atoms with van der Waals surface area (Å²) in [7, 11) is 0. The third-order valence-corrected chi connectivity index (χ3v) is 4.03. The molecule has 3 amide bonds. The van der Waals surface area contributed by atoms with Gasteiger partial charge in [0.05, 0.1) is 5.56 Å². The number of carbonyl (C=O) groups excluding carboxylic acids is 2. The largest absolute Gasteiger partial charge is 0.416 e. The minimum atomic E-state index is -4.49. The molecule has 5 nitrogen and oxygen atoms in total. The fourth-order valence-electron chi connectivity index (χ4n) is 2.78. The zero-order chi connectivity index (χ0) is 18.7. The summed E-state index contributed by atoms with van der Waals surface area (Å²) in [4.78, 5) is 26.0. The molecular formula is C18H16F3N3O2. The van der Waals surface area contributed by atoms with Crippen LogP contribution in [0.1, 0.15) is 12.0 Å². The van der Waals surface area contributed by atoms with Crippen LogP contribution in [0.25, 0.3) is 0 Å². The lowest BCUT2D eigenvalue weighted by Crippen LogP contribution is -2.43. The first-order valence-corrected chi connectivity index (χ1v) is 7.96. The molecular weight excluding hydrogens is 347 g/mol. The van der Waals surface area contributed by atoms with Gasteiger partial charge in [0.2, 0.25) is 5.91 Å². The highest BCUT2D eigenvalue weighted by atomic mass is 19.4. The minimum absolute atomic E-state index is 0.00249. The van der Waals surface area contributed by atoms with E-state index in [0.29, 0.717) is 13.0 Å². The lowest BCUT2D eigenvalue weighted by Gasteiger charge is -2.17. The summed E-state index contributed by atoms with van der Waals surface area (Å²) in [5.41, 5.74) is -0.120. The van der Waals surface area contributed by atoms with Crippen LogP contribution in [0.15, 0.2) is 54.6 Å². The zero-order valence-corrected chi connectivity index (χ0v) is 13.6. The van der Waals surface area contributed by atoms with Gasteiger partial charge in [-0.1, -0.05) is 24.3 Å². The Balaban J connectivity index is 1.62. The van der Waals surface area contributed by atoms with Crippen molar-refractivity contribution in [3.05, 3.63) is 60.2 Å². The number of rotatable bonds is 3. The number of amides is 3. The van der Waals surface area contributed by atoms with Crippen LogP contribution in [0.4, 0.5) is 29.3 Å². The van der Waals surface area contributed by atoms with Gasteiger partial charge in [-0.2, -0.15) is 13.2 Å². The predicted octanol–water partition coefficient (Wildman–Crippen LogP) is 3.63. The third-order valence-electron chi connectivity index (χ3n) is 4.03. The van der Waals surface area contributed by atoms with Gasteiger partial charge >= 0.3 is 12.2 Å². The first kappa shape index (κ1) is 17.8. The molecule has 3 rings (SSSR count). The summed E-state index contributed by atoms with van der Waals surface area (Å²) in [6, 6.07) is 11.9. The van der Waals surface area contributed by atoms with Crippen LogP contribution < -0.4 is 15.5 Å². The number of nitrogens with one attached hydrogen (secondary N) is 2. The number of para-hydroxylation sites is 1. The van der Waals surface area contributed by atoms with Crippen molar-refractivity contribution in [2.75, 3.05) is 16.8 Å². The first-order chi connectivity index (χ1) is 12.3. The van der Waals surface area contributed by atoms with Gasteiger partial charge in [-0.3, -0.25) is 4.79 Å². The van der Waals surface area contributed by atoms with Crippen molar-refractivity contribution in [1.29, 1.82) is 0 Å². The number of benzene rings is 2. The maximum atomic E-state index is 12.7. The van der Waals surface area contributed by atoms with Crippen molar-refractivity contribution in [2.45, 2.75) is 18.6 Å². The number of halogens is 3. The quantitative estimate of drug-likeness (QED) is 0.875. The van der Waals surface area contributed by atoms with Gasteiger partial charge in [0.25, 0.3) is 0 Å². The van der Waals surface area contributed by atoms with E-state index in [2.05, 4.69) is 10.6 Å². The lowest BCUT2D eigenvalue weighted by atomic mass is 10.2. The third kappa shape index (κ3) is 3.96. The number of alkyl halides is 3. The van der Waals surface area contributed by atoms with Gasteiger partial charge in [0.1, 0.15) is 6.04 Å². The van der Waals surface area contributed by atoms with E-state index in [1.54, 1.807) is 17.0 Å². The van der Waals surface area contributed by atoms with Crippen LogP contribution in [0.3, 0.4) is 0 Å². The van der Waals surface area contributed by atoms with Crippen molar-refractivity contribution >= 4 is 23.3 Å². The molecule has 2 aromatic carbocycles. The molecule has 1 aliphatic heterocycles. The second kappa shape index (κ2) is 7.07. The van der Waals surface area contributed by atoms with Crippen LogP contribution in [-0.2, 0) is 11.0 Å². The molecule has 0 radical (unpaired) electrons.